The van der Waals surface area contributed by atoms with Gasteiger partial charge in [-0.05, 0) is 23.8 Å². The molecule has 2 rings (SSSR count). The molecule has 7 heteroatoms. The number of halogens is 2. The Hall–Kier alpha value is -2.46. The average Bonchev–Trinajstić information content (AvgIpc) is 2.53. The molecule has 5 nitrogen and oxygen atoms in total. The normalized spacial score (nSPS) is 9.91. The number of benzene rings is 1. The van der Waals surface area contributed by atoms with Crippen molar-refractivity contribution < 1.29 is 13.9 Å². The molecule has 2 aromatic rings. The molecule has 0 bridgehead atoms. The van der Waals surface area contributed by atoms with Crippen molar-refractivity contribution in [1.82, 2.24) is 4.98 Å². The zero-order valence-corrected chi connectivity index (χ0v) is 13.1. The van der Waals surface area contributed by atoms with Gasteiger partial charge in [-0.25, -0.2) is 14.2 Å². The predicted molar refractivity (Wildman–Crippen MR) is 81.7 cm³/mol. The van der Waals surface area contributed by atoms with Crippen LogP contribution in [0.5, 0.6) is 0 Å². The van der Waals surface area contributed by atoms with Crippen molar-refractivity contribution in [2.45, 2.75) is 6.54 Å². The maximum absolute atomic E-state index is 13.7. The van der Waals surface area contributed by atoms with Crippen molar-refractivity contribution in [1.29, 1.82) is 5.26 Å². The monoisotopic (exact) mass is 363 g/mol. The lowest BCUT2D eigenvalue weighted by molar-refractivity contribution is 0.0600. The quantitative estimate of drug-likeness (QED) is 0.843. The van der Waals surface area contributed by atoms with E-state index in [9.17, 15) is 9.18 Å². The van der Waals surface area contributed by atoms with Gasteiger partial charge in [-0.3, -0.25) is 0 Å². The first kappa shape index (κ1) is 15.9. The summed E-state index contributed by atoms with van der Waals surface area (Å²) in [5.74, 6) is -0.968. The Morgan fingerprint density at radius 3 is 2.86 bits per heavy atom. The van der Waals surface area contributed by atoms with Gasteiger partial charge in [0.15, 0.2) is 11.6 Å². The van der Waals surface area contributed by atoms with E-state index in [1.807, 2.05) is 6.07 Å². The minimum atomic E-state index is -0.596. The molecule has 0 atom stereocenters. The standard InChI is InChI=1S/C15H11BrFN3O2/c1-22-15(21)10-2-3-11(12(16)5-10)8-20-14-13(17)4-9(6-18)7-19-14/h2-5,7H,8H2,1H3,(H,19,20). The fourth-order valence-corrected chi connectivity index (χ4v) is 2.26. The van der Waals surface area contributed by atoms with Crippen LogP contribution in [0.2, 0.25) is 0 Å². The van der Waals surface area contributed by atoms with Crippen molar-refractivity contribution in [3.05, 3.63) is 57.4 Å². The third-order valence-electron chi connectivity index (χ3n) is 2.89. The molecule has 0 unspecified atom stereocenters. The summed E-state index contributed by atoms with van der Waals surface area (Å²) in [5, 5.41) is 11.5. The number of pyridine rings is 1. The summed E-state index contributed by atoms with van der Waals surface area (Å²) in [4.78, 5) is 15.3. The zero-order valence-electron chi connectivity index (χ0n) is 11.6. The van der Waals surface area contributed by atoms with E-state index in [-0.39, 0.29) is 11.4 Å². The first-order valence-corrected chi connectivity index (χ1v) is 7.00. The number of esters is 1. The Bertz CT molecular complexity index is 759. The van der Waals surface area contributed by atoms with Crippen LogP contribution in [0.25, 0.3) is 0 Å². The molecule has 1 aromatic heterocycles. The molecule has 112 valence electrons. The van der Waals surface area contributed by atoms with E-state index < -0.39 is 11.8 Å². The molecular weight excluding hydrogens is 353 g/mol. The highest BCUT2D eigenvalue weighted by Gasteiger charge is 2.10. The summed E-state index contributed by atoms with van der Waals surface area (Å²) < 4.78 is 19.0. The second kappa shape index (κ2) is 7.00. The Labute approximate surface area is 134 Å². The molecule has 0 aliphatic heterocycles. The molecule has 1 N–H and O–H groups in total. The van der Waals surface area contributed by atoms with Gasteiger partial charge in [-0.1, -0.05) is 22.0 Å². The minimum Gasteiger partial charge on any atom is -0.465 e. The lowest BCUT2D eigenvalue weighted by Gasteiger charge is -2.09. The number of aromatic nitrogens is 1. The molecule has 0 aliphatic rings. The number of nitriles is 1. The lowest BCUT2D eigenvalue weighted by Crippen LogP contribution is -2.06. The van der Waals surface area contributed by atoms with Crippen molar-refractivity contribution in [3.8, 4) is 6.07 Å². The van der Waals surface area contributed by atoms with E-state index in [0.29, 0.717) is 16.6 Å². The average molecular weight is 364 g/mol. The van der Waals surface area contributed by atoms with E-state index in [1.54, 1.807) is 18.2 Å². The molecule has 0 fully saturated rings. The Balaban J connectivity index is 2.12. The summed E-state index contributed by atoms with van der Waals surface area (Å²) in [6.07, 6.45) is 1.29. The highest BCUT2D eigenvalue weighted by atomic mass is 79.9. The number of methoxy groups -OCH3 is 1. The van der Waals surface area contributed by atoms with Gasteiger partial charge in [0.25, 0.3) is 0 Å². The highest BCUT2D eigenvalue weighted by molar-refractivity contribution is 9.10. The van der Waals surface area contributed by atoms with E-state index in [0.717, 1.165) is 11.6 Å². The van der Waals surface area contributed by atoms with Gasteiger partial charge in [0, 0.05) is 17.2 Å². The van der Waals surface area contributed by atoms with Crippen LogP contribution in [-0.4, -0.2) is 18.1 Å². The highest BCUT2D eigenvalue weighted by Crippen LogP contribution is 2.21. The summed E-state index contributed by atoms with van der Waals surface area (Å²) in [7, 11) is 1.31. The summed E-state index contributed by atoms with van der Waals surface area (Å²) >= 11 is 3.35. The largest absolute Gasteiger partial charge is 0.465 e. The van der Waals surface area contributed by atoms with Crippen LogP contribution < -0.4 is 5.32 Å². The van der Waals surface area contributed by atoms with Crippen LogP contribution >= 0.6 is 15.9 Å². The van der Waals surface area contributed by atoms with E-state index in [4.69, 9.17) is 5.26 Å². The molecule has 0 radical (unpaired) electrons. The number of nitrogens with zero attached hydrogens (tertiary/aromatic N) is 2. The first-order chi connectivity index (χ1) is 10.5. The van der Waals surface area contributed by atoms with Gasteiger partial charge in [0.05, 0.1) is 18.2 Å². The van der Waals surface area contributed by atoms with E-state index in [1.165, 1.54) is 13.3 Å². The van der Waals surface area contributed by atoms with Crippen molar-refractivity contribution in [2.24, 2.45) is 0 Å². The van der Waals surface area contributed by atoms with E-state index in [2.05, 4.69) is 31.0 Å². The Kier molecular flexibility index (Phi) is 5.07. The number of rotatable bonds is 4. The fraction of sp³-hybridized carbons (Fsp3) is 0.133. The van der Waals surface area contributed by atoms with Gasteiger partial charge < -0.3 is 10.1 Å². The van der Waals surface area contributed by atoms with Crippen LogP contribution in [0.1, 0.15) is 21.5 Å². The number of carbonyl (C=O) groups excluding carboxylic acids is 1. The fourth-order valence-electron chi connectivity index (χ4n) is 1.74. The smallest absolute Gasteiger partial charge is 0.337 e. The molecular formula is C15H11BrFN3O2. The van der Waals surface area contributed by atoms with Gasteiger partial charge >= 0.3 is 5.97 Å². The third kappa shape index (κ3) is 3.59. The number of carbonyl (C=O) groups is 1. The van der Waals surface area contributed by atoms with Gasteiger partial charge in [0.1, 0.15) is 6.07 Å². The van der Waals surface area contributed by atoms with Crippen LogP contribution in [0, 0.1) is 17.1 Å². The second-order valence-corrected chi connectivity index (χ2v) is 5.17. The van der Waals surface area contributed by atoms with Gasteiger partial charge in [-0.15, -0.1) is 0 Å². The Morgan fingerprint density at radius 1 is 1.50 bits per heavy atom. The lowest BCUT2D eigenvalue weighted by atomic mass is 10.1. The van der Waals surface area contributed by atoms with Crippen LogP contribution in [-0.2, 0) is 11.3 Å². The second-order valence-electron chi connectivity index (χ2n) is 4.32. The number of anilines is 1. The minimum absolute atomic E-state index is 0.0583. The summed E-state index contributed by atoms with van der Waals surface area (Å²) in [6.45, 7) is 0.303. The predicted octanol–water partition coefficient (Wildman–Crippen LogP) is 3.25. The maximum atomic E-state index is 13.7. The first-order valence-electron chi connectivity index (χ1n) is 6.21. The number of hydrogen-bond donors (Lipinski definition) is 1. The number of ether oxygens (including phenoxy) is 1. The van der Waals surface area contributed by atoms with E-state index >= 15 is 0 Å². The molecule has 0 amide bonds. The summed E-state index contributed by atoms with van der Waals surface area (Å²) in [6, 6.07) is 7.91. The van der Waals surface area contributed by atoms with Crippen molar-refractivity contribution in [3.63, 3.8) is 0 Å². The third-order valence-corrected chi connectivity index (χ3v) is 3.63. The molecule has 22 heavy (non-hydrogen) atoms. The molecule has 1 aromatic carbocycles. The molecule has 1 heterocycles. The Morgan fingerprint density at radius 2 is 2.27 bits per heavy atom. The van der Waals surface area contributed by atoms with Crippen LogP contribution in [0.3, 0.4) is 0 Å². The molecule has 0 spiro atoms. The molecule has 0 aliphatic carbocycles. The van der Waals surface area contributed by atoms with Gasteiger partial charge in [-0.2, -0.15) is 5.26 Å². The maximum Gasteiger partial charge on any atom is 0.337 e. The summed E-state index contributed by atoms with van der Waals surface area (Å²) in [5.41, 5.74) is 1.39. The van der Waals surface area contributed by atoms with Crippen LogP contribution in [0.4, 0.5) is 10.2 Å². The topological polar surface area (TPSA) is 75.0 Å². The number of nitrogens with one attached hydrogen (secondary N) is 1. The SMILES string of the molecule is COC(=O)c1ccc(CNc2ncc(C#N)cc2F)c(Br)c1. The van der Waals surface area contributed by atoms with Gasteiger partial charge in [0.2, 0.25) is 0 Å². The van der Waals surface area contributed by atoms with Crippen LogP contribution in [0.15, 0.2) is 34.9 Å². The number of hydrogen-bond acceptors (Lipinski definition) is 5. The molecule has 0 saturated carbocycles. The molecule has 0 saturated heterocycles. The van der Waals surface area contributed by atoms with Crippen molar-refractivity contribution >= 4 is 27.7 Å². The van der Waals surface area contributed by atoms with Crippen molar-refractivity contribution in [2.75, 3.05) is 12.4 Å². The zero-order chi connectivity index (χ0) is 16.1.